The first-order chi connectivity index (χ1) is 7.33. The summed E-state index contributed by atoms with van der Waals surface area (Å²) >= 11 is 5.23. The highest BCUT2D eigenvalue weighted by molar-refractivity contribution is 7.80. The summed E-state index contributed by atoms with van der Waals surface area (Å²) in [4.78, 5) is 3.63. The molecule has 0 spiro atoms. The summed E-state index contributed by atoms with van der Waals surface area (Å²) in [6.45, 7) is 6.08. The van der Waals surface area contributed by atoms with Gasteiger partial charge in [0.15, 0.2) is 0 Å². The Bertz CT molecular complexity index is 181. The molecule has 1 fully saturated rings. The fourth-order valence-electron chi connectivity index (χ4n) is 1.77. The molecule has 3 nitrogen and oxygen atoms in total. The van der Waals surface area contributed by atoms with E-state index in [0.29, 0.717) is 0 Å². The zero-order chi connectivity index (χ0) is 10.9. The molecule has 15 heavy (non-hydrogen) atoms. The van der Waals surface area contributed by atoms with Crippen LogP contribution in [0.25, 0.3) is 0 Å². The van der Waals surface area contributed by atoms with Gasteiger partial charge in [0.2, 0.25) is 0 Å². The monoisotopic (exact) mass is 230 g/mol. The first-order valence-corrected chi connectivity index (χ1v) is 6.20. The molecule has 1 aliphatic heterocycles. The molecule has 0 unspecified atom stereocenters. The second-order valence-corrected chi connectivity index (χ2v) is 4.56. The van der Waals surface area contributed by atoms with Crippen molar-refractivity contribution in [3.05, 3.63) is 0 Å². The van der Waals surface area contributed by atoms with Crippen LogP contribution in [0.2, 0.25) is 0 Å². The van der Waals surface area contributed by atoms with Crippen LogP contribution in [0.4, 0.5) is 0 Å². The molecule has 0 radical (unpaired) electrons. The summed E-state index contributed by atoms with van der Waals surface area (Å²) in [7, 11) is 1.94. The zero-order valence-electron chi connectivity index (χ0n) is 9.63. The van der Waals surface area contributed by atoms with Crippen LogP contribution in [0.1, 0.15) is 19.3 Å². The first kappa shape index (κ1) is 13.0. The lowest BCUT2D eigenvalue weighted by Gasteiger charge is -2.26. The van der Waals surface area contributed by atoms with E-state index in [-0.39, 0.29) is 0 Å². The van der Waals surface area contributed by atoms with Gasteiger partial charge in [0.05, 0.1) is 13.2 Å². The van der Waals surface area contributed by atoms with Crippen molar-refractivity contribution in [1.29, 1.82) is 0 Å². The van der Waals surface area contributed by atoms with Gasteiger partial charge in [-0.15, -0.1) is 0 Å². The van der Waals surface area contributed by atoms with Gasteiger partial charge in [0.25, 0.3) is 0 Å². The smallest absolute Gasteiger partial charge is 0.0594 e. The Morgan fingerprint density at radius 2 is 2.07 bits per heavy atom. The van der Waals surface area contributed by atoms with E-state index in [2.05, 4.69) is 10.2 Å². The number of rotatable bonds is 7. The highest BCUT2D eigenvalue weighted by atomic mass is 32.1. The van der Waals surface area contributed by atoms with Gasteiger partial charge in [0.1, 0.15) is 0 Å². The van der Waals surface area contributed by atoms with Crippen LogP contribution >= 0.6 is 12.2 Å². The Kier molecular flexibility index (Phi) is 7.09. The van der Waals surface area contributed by atoms with Crippen molar-refractivity contribution in [2.45, 2.75) is 19.3 Å². The van der Waals surface area contributed by atoms with E-state index in [4.69, 9.17) is 17.0 Å². The summed E-state index contributed by atoms with van der Waals surface area (Å²) in [6, 6.07) is 0. The third kappa shape index (κ3) is 6.20. The highest BCUT2D eigenvalue weighted by Gasteiger charge is 2.09. The van der Waals surface area contributed by atoms with Gasteiger partial charge in [0, 0.05) is 24.5 Å². The third-order valence-corrected chi connectivity index (χ3v) is 3.01. The Balaban J connectivity index is 1.93. The quantitative estimate of drug-likeness (QED) is 0.522. The van der Waals surface area contributed by atoms with Crippen molar-refractivity contribution < 1.29 is 4.74 Å². The van der Waals surface area contributed by atoms with E-state index < -0.39 is 0 Å². The predicted octanol–water partition coefficient (Wildman–Crippen LogP) is 1.08. The van der Waals surface area contributed by atoms with Gasteiger partial charge in [-0.05, 0) is 32.9 Å². The van der Waals surface area contributed by atoms with Gasteiger partial charge >= 0.3 is 0 Å². The minimum atomic E-state index is 0.882. The van der Waals surface area contributed by atoms with E-state index in [9.17, 15) is 0 Å². The lowest BCUT2D eigenvalue weighted by Crippen LogP contribution is -2.36. The maximum atomic E-state index is 5.31. The SMILES string of the molecule is CNCC(=S)CCCCN1CCOCC1. The Hall–Kier alpha value is -0.0300. The predicted molar refractivity (Wildman–Crippen MR) is 67.6 cm³/mol. The van der Waals surface area contributed by atoms with Gasteiger partial charge in [-0.3, -0.25) is 4.90 Å². The summed E-state index contributed by atoms with van der Waals surface area (Å²) < 4.78 is 5.31. The van der Waals surface area contributed by atoms with Crippen LogP contribution in [-0.2, 0) is 4.74 Å². The van der Waals surface area contributed by atoms with Crippen molar-refractivity contribution in [3.63, 3.8) is 0 Å². The molecule has 0 aromatic carbocycles. The van der Waals surface area contributed by atoms with Crippen LogP contribution in [0.5, 0.6) is 0 Å². The zero-order valence-corrected chi connectivity index (χ0v) is 10.4. The van der Waals surface area contributed by atoms with Crippen LogP contribution < -0.4 is 5.32 Å². The normalized spacial score (nSPS) is 17.9. The van der Waals surface area contributed by atoms with Gasteiger partial charge in [-0.25, -0.2) is 0 Å². The number of hydrogen-bond donors (Lipinski definition) is 1. The van der Waals surface area contributed by atoms with Crippen LogP contribution in [0.15, 0.2) is 0 Å². The molecule has 4 heteroatoms. The van der Waals surface area contributed by atoms with E-state index >= 15 is 0 Å². The molecule has 0 bridgehead atoms. The molecule has 88 valence electrons. The molecule has 1 rings (SSSR count). The molecule has 0 saturated carbocycles. The van der Waals surface area contributed by atoms with Crippen molar-refractivity contribution >= 4 is 17.1 Å². The van der Waals surface area contributed by atoms with Crippen molar-refractivity contribution in [2.24, 2.45) is 0 Å². The van der Waals surface area contributed by atoms with Crippen molar-refractivity contribution in [2.75, 3.05) is 46.4 Å². The number of unbranched alkanes of at least 4 members (excludes halogenated alkanes) is 1. The largest absolute Gasteiger partial charge is 0.379 e. The van der Waals surface area contributed by atoms with Gasteiger partial charge in [-0.1, -0.05) is 12.2 Å². The number of nitrogens with zero attached hydrogens (tertiary/aromatic N) is 1. The molecule has 1 aliphatic rings. The molecule has 0 aliphatic carbocycles. The average Bonchev–Trinajstić information content (AvgIpc) is 2.26. The third-order valence-electron chi connectivity index (χ3n) is 2.66. The topological polar surface area (TPSA) is 24.5 Å². The molecular weight excluding hydrogens is 208 g/mol. The number of hydrogen-bond acceptors (Lipinski definition) is 4. The van der Waals surface area contributed by atoms with Crippen molar-refractivity contribution in [1.82, 2.24) is 10.2 Å². The number of thiocarbonyl (C=S) groups is 1. The molecule has 0 atom stereocenters. The fraction of sp³-hybridized carbons (Fsp3) is 0.909. The number of nitrogens with one attached hydrogen (secondary N) is 1. The minimum Gasteiger partial charge on any atom is -0.379 e. The second kappa shape index (κ2) is 8.16. The highest BCUT2D eigenvalue weighted by Crippen LogP contribution is 2.03. The van der Waals surface area contributed by atoms with E-state index in [1.165, 1.54) is 19.4 Å². The Labute approximate surface area is 98.2 Å². The lowest BCUT2D eigenvalue weighted by atomic mass is 10.2. The fourth-order valence-corrected chi connectivity index (χ4v) is 2.06. The maximum Gasteiger partial charge on any atom is 0.0594 e. The molecule has 0 aromatic rings. The van der Waals surface area contributed by atoms with E-state index in [1.807, 2.05) is 7.05 Å². The maximum absolute atomic E-state index is 5.31. The Morgan fingerprint density at radius 1 is 1.33 bits per heavy atom. The molecular formula is C11H22N2OS. The molecule has 0 aromatic heterocycles. The number of ether oxygens (including phenoxy) is 1. The number of morpholine rings is 1. The summed E-state index contributed by atoms with van der Waals surface area (Å²) in [5, 5.41) is 3.09. The second-order valence-electron chi connectivity index (χ2n) is 3.98. The summed E-state index contributed by atoms with van der Waals surface area (Å²) in [5.41, 5.74) is 0. The van der Waals surface area contributed by atoms with Crippen LogP contribution in [0.3, 0.4) is 0 Å². The first-order valence-electron chi connectivity index (χ1n) is 5.79. The standard InChI is InChI=1S/C11H22N2OS/c1-12-10-11(15)4-2-3-5-13-6-8-14-9-7-13/h12H,2-10H2,1H3. The Morgan fingerprint density at radius 3 is 2.73 bits per heavy atom. The summed E-state index contributed by atoms with van der Waals surface area (Å²) in [5.74, 6) is 0. The van der Waals surface area contributed by atoms with Gasteiger partial charge < -0.3 is 10.1 Å². The van der Waals surface area contributed by atoms with E-state index in [1.54, 1.807) is 0 Å². The van der Waals surface area contributed by atoms with Crippen molar-refractivity contribution in [3.8, 4) is 0 Å². The van der Waals surface area contributed by atoms with Crippen LogP contribution in [-0.4, -0.2) is 56.2 Å². The van der Waals surface area contributed by atoms with E-state index in [0.717, 1.165) is 44.1 Å². The molecule has 1 heterocycles. The van der Waals surface area contributed by atoms with Gasteiger partial charge in [-0.2, -0.15) is 0 Å². The summed E-state index contributed by atoms with van der Waals surface area (Å²) in [6.07, 6.45) is 3.56. The average molecular weight is 230 g/mol. The molecule has 1 saturated heterocycles. The van der Waals surface area contributed by atoms with Crippen LogP contribution in [0, 0.1) is 0 Å². The molecule has 0 amide bonds. The molecule has 1 N–H and O–H groups in total. The lowest BCUT2D eigenvalue weighted by molar-refractivity contribution is 0.0372. The minimum absolute atomic E-state index is 0.882.